The van der Waals surface area contributed by atoms with E-state index in [4.69, 9.17) is 11.6 Å². The molecule has 0 spiro atoms. The van der Waals surface area contributed by atoms with E-state index >= 15 is 0 Å². The molecular formula is C14H17ClN4. The number of benzene rings is 1. The monoisotopic (exact) mass is 276 g/mol. The minimum atomic E-state index is -0.0400. The van der Waals surface area contributed by atoms with E-state index in [9.17, 15) is 0 Å². The van der Waals surface area contributed by atoms with Crippen molar-refractivity contribution >= 4 is 29.1 Å². The summed E-state index contributed by atoms with van der Waals surface area (Å²) in [6.07, 6.45) is 1.72. The molecule has 0 saturated heterocycles. The van der Waals surface area contributed by atoms with Crippen LogP contribution in [0.15, 0.2) is 36.5 Å². The largest absolute Gasteiger partial charge is 0.365 e. The van der Waals surface area contributed by atoms with Gasteiger partial charge in [0.1, 0.15) is 5.82 Å². The van der Waals surface area contributed by atoms with Crippen LogP contribution in [0.5, 0.6) is 0 Å². The Hall–Kier alpha value is -1.81. The maximum atomic E-state index is 5.94. The molecule has 5 heteroatoms. The number of aromatic nitrogens is 2. The fourth-order valence-corrected chi connectivity index (χ4v) is 1.76. The summed E-state index contributed by atoms with van der Waals surface area (Å²) < 4.78 is 0. The van der Waals surface area contributed by atoms with Crippen molar-refractivity contribution in [3.05, 3.63) is 41.6 Å². The van der Waals surface area contributed by atoms with E-state index in [0.717, 1.165) is 11.5 Å². The van der Waals surface area contributed by atoms with Gasteiger partial charge in [0.25, 0.3) is 0 Å². The smallest absolute Gasteiger partial charge is 0.229 e. The van der Waals surface area contributed by atoms with Gasteiger partial charge in [-0.15, -0.1) is 0 Å². The van der Waals surface area contributed by atoms with Crippen molar-refractivity contribution in [2.45, 2.75) is 26.3 Å². The first kappa shape index (κ1) is 13.6. The van der Waals surface area contributed by atoms with E-state index in [1.165, 1.54) is 0 Å². The highest BCUT2D eigenvalue weighted by Crippen LogP contribution is 2.19. The zero-order chi connectivity index (χ0) is 13.9. The predicted molar refractivity (Wildman–Crippen MR) is 80.1 cm³/mol. The molecule has 0 bridgehead atoms. The Kier molecular flexibility index (Phi) is 3.90. The van der Waals surface area contributed by atoms with Gasteiger partial charge < -0.3 is 10.6 Å². The van der Waals surface area contributed by atoms with Crippen molar-refractivity contribution in [2.24, 2.45) is 0 Å². The molecule has 2 rings (SSSR count). The van der Waals surface area contributed by atoms with Crippen molar-refractivity contribution in [1.29, 1.82) is 0 Å². The van der Waals surface area contributed by atoms with E-state index in [0.29, 0.717) is 11.0 Å². The third-order valence-electron chi connectivity index (χ3n) is 2.24. The third-order valence-corrected chi connectivity index (χ3v) is 2.47. The molecule has 2 N–H and O–H groups in total. The van der Waals surface area contributed by atoms with E-state index in [2.05, 4.69) is 41.4 Å². The first-order valence-electron chi connectivity index (χ1n) is 6.06. The lowest BCUT2D eigenvalue weighted by Gasteiger charge is -2.21. The van der Waals surface area contributed by atoms with E-state index in [1.807, 2.05) is 30.3 Å². The number of anilines is 3. The van der Waals surface area contributed by atoms with Gasteiger partial charge in [-0.25, -0.2) is 4.98 Å². The Morgan fingerprint density at radius 2 is 1.95 bits per heavy atom. The summed E-state index contributed by atoms with van der Waals surface area (Å²) in [5, 5.41) is 7.10. The summed E-state index contributed by atoms with van der Waals surface area (Å²) in [6, 6.07) is 9.29. The average molecular weight is 277 g/mol. The van der Waals surface area contributed by atoms with Crippen LogP contribution in [0.2, 0.25) is 5.02 Å². The van der Waals surface area contributed by atoms with Crippen LogP contribution < -0.4 is 10.6 Å². The fourth-order valence-electron chi connectivity index (χ4n) is 1.57. The minimum absolute atomic E-state index is 0.0400. The summed E-state index contributed by atoms with van der Waals surface area (Å²) in [4.78, 5) is 8.60. The second kappa shape index (κ2) is 5.45. The second-order valence-corrected chi connectivity index (χ2v) is 5.71. The molecule has 1 heterocycles. The van der Waals surface area contributed by atoms with Crippen LogP contribution in [0.25, 0.3) is 0 Å². The van der Waals surface area contributed by atoms with Crippen molar-refractivity contribution in [3.63, 3.8) is 0 Å². The Morgan fingerprint density at radius 3 is 2.63 bits per heavy atom. The van der Waals surface area contributed by atoms with Crippen LogP contribution in [0.4, 0.5) is 17.5 Å². The SMILES string of the molecule is CC(C)(C)Nc1ccnc(Nc2cccc(Cl)c2)n1. The van der Waals surface area contributed by atoms with Gasteiger partial charge in [-0.3, -0.25) is 0 Å². The number of halogens is 1. The van der Waals surface area contributed by atoms with Gasteiger partial charge in [0.15, 0.2) is 0 Å². The van der Waals surface area contributed by atoms with Gasteiger partial charge in [-0.1, -0.05) is 17.7 Å². The van der Waals surface area contributed by atoms with Crippen molar-refractivity contribution in [3.8, 4) is 0 Å². The highest BCUT2D eigenvalue weighted by atomic mass is 35.5. The quantitative estimate of drug-likeness (QED) is 0.887. The number of hydrogen-bond acceptors (Lipinski definition) is 4. The van der Waals surface area contributed by atoms with Gasteiger partial charge in [0.2, 0.25) is 5.95 Å². The molecule has 0 aliphatic heterocycles. The van der Waals surface area contributed by atoms with E-state index in [-0.39, 0.29) is 5.54 Å². The molecule has 0 aliphatic rings. The van der Waals surface area contributed by atoms with Gasteiger partial charge >= 0.3 is 0 Å². The maximum absolute atomic E-state index is 5.94. The molecular weight excluding hydrogens is 260 g/mol. The number of nitrogens with one attached hydrogen (secondary N) is 2. The van der Waals surface area contributed by atoms with Crippen LogP contribution in [-0.4, -0.2) is 15.5 Å². The molecule has 4 nitrogen and oxygen atoms in total. The topological polar surface area (TPSA) is 49.8 Å². The predicted octanol–water partition coefficient (Wildman–Crippen LogP) is 4.08. The van der Waals surface area contributed by atoms with Crippen LogP contribution in [0.3, 0.4) is 0 Å². The maximum Gasteiger partial charge on any atom is 0.229 e. The minimum Gasteiger partial charge on any atom is -0.365 e. The summed E-state index contributed by atoms with van der Waals surface area (Å²) >= 11 is 5.94. The standard InChI is InChI=1S/C14H17ClN4/c1-14(2,3)19-12-7-8-16-13(18-12)17-11-6-4-5-10(15)9-11/h4-9H,1-3H3,(H2,16,17,18,19). The molecule has 0 atom stereocenters. The van der Waals surface area contributed by atoms with Gasteiger partial charge in [0.05, 0.1) is 0 Å². The lowest BCUT2D eigenvalue weighted by Crippen LogP contribution is -2.26. The third kappa shape index (κ3) is 4.41. The lowest BCUT2D eigenvalue weighted by molar-refractivity contribution is 0.630. The highest BCUT2D eigenvalue weighted by molar-refractivity contribution is 6.30. The summed E-state index contributed by atoms with van der Waals surface area (Å²) in [7, 11) is 0. The fraction of sp³-hybridized carbons (Fsp3) is 0.286. The first-order valence-corrected chi connectivity index (χ1v) is 6.44. The normalized spacial score (nSPS) is 11.2. The molecule has 100 valence electrons. The van der Waals surface area contributed by atoms with E-state index in [1.54, 1.807) is 6.20 Å². The Labute approximate surface area is 118 Å². The van der Waals surface area contributed by atoms with Gasteiger partial charge in [0, 0.05) is 22.4 Å². The molecule has 0 fully saturated rings. The summed E-state index contributed by atoms with van der Waals surface area (Å²) in [5.41, 5.74) is 0.821. The molecule has 0 aliphatic carbocycles. The molecule has 0 amide bonds. The van der Waals surface area contributed by atoms with Gasteiger partial charge in [-0.05, 0) is 45.0 Å². The van der Waals surface area contributed by atoms with Crippen molar-refractivity contribution < 1.29 is 0 Å². The summed E-state index contributed by atoms with van der Waals surface area (Å²) in [5.74, 6) is 1.32. The van der Waals surface area contributed by atoms with Crippen LogP contribution in [-0.2, 0) is 0 Å². The number of nitrogens with zero attached hydrogens (tertiary/aromatic N) is 2. The zero-order valence-corrected chi connectivity index (χ0v) is 12.0. The molecule has 2 aromatic rings. The molecule has 0 saturated carbocycles. The van der Waals surface area contributed by atoms with Crippen molar-refractivity contribution in [2.75, 3.05) is 10.6 Å². The Balaban J connectivity index is 2.15. The number of hydrogen-bond donors (Lipinski definition) is 2. The van der Waals surface area contributed by atoms with Gasteiger partial charge in [-0.2, -0.15) is 4.98 Å². The van der Waals surface area contributed by atoms with Crippen LogP contribution in [0.1, 0.15) is 20.8 Å². The second-order valence-electron chi connectivity index (χ2n) is 5.28. The number of rotatable bonds is 3. The lowest BCUT2D eigenvalue weighted by atomic mass is 10.1. The first-order chi connectivity index (χ1) is 8.92. The molecule has 0 radical (unpaired) electrons. The van der Waals surface area contributed by atoms with Crippen molar-refractivity contribution in [1.82, 2.24) is 9.97 Å². The van der Waals surface area contributed by atoms with Crippen LogP contribution in [0, 0.1) is 0 Å². The average Bonchev–Trinajstić information content (AvgIpc) is 2.27. The zero-order valence-electron chi connectivity index (χ0n) is 11.2. The molecule has 1 aromatic carbocycles. The molecule has 19 heavy (non-hydrogen) atoms. The van der Waals surface area contributed by atoms with Crippen LogP contribution >= 0.6 is 11.6 Å². The highest BCUT2D eigenvalue weighted by Gasteiger charge is 2.10. The summed E-state index contributed by atoms with van der Waals surface area (Å²) in [6.45, 7) is 6.25. The molecule has 1 aromatic heterocycles. The Morgan fingerprint density at radius 1 is 1.16 bits per heavy atom. The van der Waals surface area contributed by atoms with E-state index < -0.39 is 0 Å². The Bertz CT molecular complexity index is 563. The molecule has 0 unspecified atom stereocenters.